The Bertz CT molecular complexity index is 999. The largest absolute Gasteiger partial charge is 0.403 e. The van der Waals surface area contributed by atoms with E-state index in [0.29, 0.717) is 31.1 Å². The molecule has 0 bridgehead atoms. The minimum atomic E-state index is -3.43. The Kier molecular flexibility index (Phi) is 4.82. The maximum absolute atomic E-state index is 12.6. The van der Waals surface area contributed by atoms with Gasteiger partial charge in [0.25, 0.3) is 0 Å². The van der Waals surface area contributed by atoms with Crippen LogP contribution in [0.2, 0.25) is 0 Å². The van der Waals surface area contributed by atoms with Crippen molar-refractivity contribution in [3.05, 3.63) is 48.5 Å². The summed E-state index contributed by atoms with van der Waals surface area (Å²) in [5, 5.41) is 10.9. The van der Waals surface area contributed by atoms with Crippen LogP contribution in [0.4, 0.5) is 6.01 Å². The minimum Gasteiger partial charge on any atom is -0.403 e. The molecule has 0 atom stereocenters. The number of anilines is 1. The topological polar surface area (TPSA) is 114 Å². The molecule has 0 unspecified atom stereocenters. The van der Waals surface area contributed by atoms with Crippen molar-refractivity contribution in [3.63, 3.8) is 0 Å². The average Bonchev–Trinajstić information content (AvgIpc) is 3.40. The predicted molar refractivity (Wildman–Crippen MR) is 97.1 cm³/mol. The van der Waals surface area contributed by atoms with Gasteiger partial charge in [0, 0.05) is 24.8 Å². The number of rotatable bonds is 6. The van der Waals surface area contributed by atoms with Gasteiger partial charge in [-0.2, -0.15) is 4.31 Å². The molecule has 140 valence electrons. The number of hydrogen-bond donors (Lipinski definition) is 1. The fourth-order valence-electron chi connectivity index (χ4n) is 2.85. The van der Waals surface area contributed by atoms with Crippen molar-refractivity contribution < 1.29 is 12.8 Å². The monoisotopic (exact) mass is 386 g/mol. The zero-order valence-electron chi connectivity index (χ0n) is 14.4. The molecule has 0 spiro atoms. The van der Waals surface area contributed by atoms with E-state index in [1.54, 1.807) is 36.5 Å². The highest BCUT2D eigenvalue weighted by Crippen LogP contribution is 2.25. The van der Waals surface area contributed by atoms with Crippen molar-refractivity contribution in [1.29, 1.82) is 0 Å². The zero-order valence-corrected chi connectivity index (χ0v) is 15.3. The first-order valence-electron chi connectivity index (χ1n) is 8.56. The van der Waals surface area contributed by atoms with E-state index in [1.165, 1.54) is 10.6 Å². The summed E-state index contributed by atoms with van der Waals surface area (Å²) in [5.41, 5.74) is 1.44. The van der Waals surface area contributed by atoms with Crippen molar-refractivity contribution in [2.45, 2.75) is 24.3 Å². The lowest BCUT2D eigenvalue weighted by molar-refractivity contribution is 0.477. The lowest BCUT2D eigenvalue weighted by Crippen LogP contribution is -2.27. The lowest BCUT2D eigenvalue weighted by Gasteiger charge is -2.15. The van der Waals surface area contributed by atoms with Crippen molar-refractivity contribution in [2.24, 2.45) is 0 Å². The van der Waals surface area contributed by atoms with Crippen LogP contribution in [0, 0.1) is 0 Å². The first kappa shape index (κ1) is 17.6. The second-order valence-electron chi connectivity index (χ2n) is 6.10. The SMILES string of the molecule is O=S(=O)(c1ccc(-c2nnc(NCc3ccncn3)o2)cc1)N1CCCC1. The first-order chi connectivity index (χ1) is 13.1. The van der Waals surface area contributed by atoms with E-state index in [0.717, 1.165) is 18.5 Å². The van der Waals surface area contributed by atoms with Crippen LogP contribution in [0.3, 0.4) is 0 Å². The zero-order chi connectivity index (χ0) is 18.7. The van der Waals surface area contributed by atoms with Crippen molar-refractivity contribution in [3.8, 4) is 11.5 Å². The average molecular weight is 386 g/mol. The van der Waals surface area contributed by atoms with Gasteiger partial charge in [0.05, 0.1) is 17.1 Å². The molecule has 1 aliphatic heterocycles. The lowest BCUT2D eigenvalue weighted by atomic mass is 10.2. The second-order valence-corrected chi connectivity index (χ2v) is 8.04. The summed E-state index contributed by atoms with van der Waals surface area (Å²) in [4.78, 5) is 8.23. The normalized spacial score (nSPS) is 15.1. The Morgan fingerprint density at radius 2 is 1.85 bits per heavy atom. The highest BCUT2D eigenvalue weighted by Gasteiger charge is 2.27. The van der Waals surface area contributed by atoms with Crippen LogP contribution in [0.25, 0.3) is 11.5 Å². The Morgan fingerprint density at radius 3 is 2.56 bits per heavy atom. The summed E-state index contributed by atoms with van der Waals surface area (Å²) >= 11 is 0. The van der Waals surface area contributed by atoms with Gasteiger partial charge in [0.2, 0.25) is 15.9 Å². The minimum absolute atomic E-state index is 0.261. The van der Waals surface area contributed by atoms with Gasteiger partial charge in [-0.1, -0.05) is 5.10 Å². The molecule has 0 radical (unpaired) electrons. The molecule has 10 heteroatoms. The Balaban J connectivity index is 1.45. The molecule has 2 aromatic heterocycles. The van der Waals surface area contributed by atoms with Gasteiger partial charge >= 0.3 is 6.01 Å². The molecule has 27 heavy (non-hydrogen) atoms. The number of hydrogen-bond acceptors (Lipinski definition) is 8. The number of nitrogens with one attached hydrogen (secondary N) is 1. The number of nitrogens with zero attached hydrogens (tertiary/aromatic N) is 5. The fraction of sp³-hybridized carbons (Fsp3) is 0.294. The quantitative estimate of drug-likeness (QED) is 0.683. The molecular formula is C17H18N6O3S. The standard InChI is InChI=1S/C17H18N6O3S/c24-27(25,23-9-1-2-10-23)15-5-3-13(4-6-15)16-21-22-17(26-16)19-11-14-7-8-18-12-20-14/h3-8,12H,1-2,9-11H2,(H,19,22). The number of aromatic nitrogens is 4. The summed E-state index contributed by atoms with van der Waals surface area (Å²) in [5.74, 6) is 0.310. The van der Waals surface area contributed by atoms with E-state index < -0.39 is 10.0 Å². The highest BCUT2D eigenvalue weighted by atomic mass is 32.2. The van der Waals surface area contributed by atoms with Gasteiger partial charge in [-0.05, 0) is 43.2 Å². The van der Waals surface area contributed by atoms with Crippen LogP contribution >= 0.6 is 0 Å². The molecule has 0 aliphatic carbocycles. The van der Waals surface area contributed by atoms with Gasteiger partial charge in [-0.15, -0.1) is 5.10 Å². The van der Waals surface area contributed by atoms with Crippen molar-refractivity contribution >= 4 is 16.0 Å². The van der Waals surface area contributed by atoms with Crippen molar-refractivity contribution in [2.75, 3.05) is 18.4 Å². The Morgan fingerprint density at radius 1 is 1.07 bits per heavy atom. The van der Waals surface area contributed by atoms with Crippen LogP contribution < -0.4 is 5.32 Å². The molecule has 0 saturated carbocycles. The molecule has 4 rings (SSSR count). The molecule has 1 N–H and O–H groups in total. The first-order valence-corrected chi connectivity index (χ1v) is 10.00. The smallest absolute Gasteiger partial charge is 0.316 e. The van der Waals surface area contributed by atoms with Crippen LogP contribution in [0.1, 0.15) is 18.5 Å². The number of sulfonamides is 1. The summed E-state index contributed by atoms with van der Waals surface area (Å²) in [6, 6.07) is 8.53. The van der Waals surface area contributed by atoms with Crippen LogP contribution in [-0.2, 0) is 16.6 Å². The van der Waals surface area contributed by atoms with E-state index in [1.807, 2.05) is 0 Å². The summed E-state index contributed by atoms with van der Waals surface area (Å²) in [6.07, 6.45) is 4.93. The number of benzene rings is 1. The predicted octanol–water partition coefficient (Wildman–Crippen LogP) is 1.92. The van der Waals surface area contributed by atoms with E-state index in [9.17, 15) is 8.42 Å². The molecule has 1 aromatic carbocycles. The van der Waals surface area contributed by atoms with E-state index >= 15 is 0 Å². The van der Waals surface area contributed by atoms with Gasteiger partial charge in [0.15, 0.2) is 0 Å². The molecule has 1 saturated heterocycles. The highest BCUT2D eigenvalue weighted by molar-refractivity contribution is 7.89. The Hall–Kier alpha value is -2.85. The molecule has 3 aromatic rings. The molecular weight excluding hydrogens is 368 g/mol. The maximum Gasteiger partial charge on any atom is 0.316 e. The molecule has 9 nitrogen and oxygen atoms in total. The van der Waals surface area contributed by atoms with E-state index in [-0.39, 0.29) is 10.9 Å². The maximum atomic E-state index is 12.6. The molecule has 0 amide bonds. The van der Waals surface area contributed by atoms with Gasteiger partial charge in [-0.25, -0.2) is 18.4 Å². The van der Waals surface area contributed by atoms with Crippen LogP contribution in [0.15, 0.2) is 52.2 Å². The third-order valence-electron chi connectivity index (χ3n) is 4.29. The van der Waals surface area contributed by atoms with E-state index in [2.05, 4.69) is 25.5 Å². The third kappa shape index (κ3) is 3.81. The molecule has 3 heterocycles. The van der Waals surface area contributed by atoms with Gasteiger partial charge < -0.3 is 9.73 Å². The summed E-state index contributed by atoms with van der Waals surface area (Å²) in [7, 11) is -3.43. The third-order valence-corrected chi connectivity index (χ3v) is 6.21. The van der Waals surface area contributed by atoms with Crippen LogP contribution in [0.5, 0.6) is 0 Å². The molecule has 1 fully saturated rings. The van der Waals surface area contributed by atoms with Crippen LogP contribution in [-0.4, -0.2) is 46.0 Å². The summed E-state index contributed by atoms with van der Waals surface area (Å²) in [6.45, 7) is 1.58. The van der Waals surface area contributed by atoms with Gasteiger partial charge in [0.1, 0.15) is 6.33 Å². The molecule has 1 aliphatic rings. The second kappa shape index (κ2) is 7.41. The fourth-order valence-corrected chi connectivity index (χ4v) is 4.36. The van der Waals surface area contributed by atoms with Crippen molar-refractivity contribution in [1.82, 2.24) is 24.5 Å². The van der Waals surface area contributed by atoms with Gasteiger partial charge in [-0.3, -0.25) is 0 Å². The summed E-state index contributed by atoms with van der Waals surface area (Å²) < 4.78 is 32.2. The van der Waals surface area contributed by atoms with E-state index in [4.69, 9.17) is 4.42 Å². The Labute approximate surface area is 156 Å².